The van der Waals surface area contributed by atoms with Crippen molar-refractivity contribution in [1.82, 2.24) is 0 Å². The number of rotatable bonds is 1. The predicted octanol–water partition coefficient (Wildman–Crippen LogP) is 2.32. The van der Waals surface area contributed by atoms with Gasteiger partial charge in [-0.2, -0.15) is 5.26 Å². The Morgan fingerprint density at radius 1 is 1.31 bits per heavy atom. The van der Waals surface area contributed by atoms with Crippen LogP contribution in [0.2, 0.25) is 0 Å². The maximum Gasteiger partial charge on any atom is 0.124 e. The first-order chi connectivity index (χ1) is 6.42. The summed E-state index contributed by atoms with van der Waals surface area (Å²) >= 11 is 0. The normalized spacial score (nSPS) is 14.5. The quantitative estimate of drug-likeness (QED) is 0.649. The SMILES string of the molecule is N#Cc1ccccc1C1=CCCO1. The van der Waals surface area contributed by atoms with Gasteiger partial charge in [0.1, 0.15) is 5.76 Å². The summed E-state index contributed by atoms with van der Waals surface area (Å²) in [5.41, 5.74) is 1.58. The summed E-state index contributed by atoms with van der Waals surface area (Å²) in [6.45, 7) is 0.731. The molecule has 0 saturated heterocycles. The van der Waals surface area contributed by atoms with Gasteiger partial charge in [-0.3, -0.25) is 0 Å². The van der Waals surface area contributed by atoms with Gasteiger partial charge in [0.25, 0.3) is 0 Å². The van der Waals surface area contributed by atoms with Crippen LogP contribution >= 0.6 is 0 Å². The summed E-state index contributed by atoms with van der Waals surface area (Å²) in [5, 5.41) is 8.85. The van der Waals surface area contributed by atoms with Gasteiger partial charge in [-0.15, -0.1) is 0 Å². The lowest BCUT2D eigenvalue weighted by molar-refractivity contribution is 0.307. The Morgan fingerprint density at radius 2 is 2.15 bits per heavy atom. The molecule has 0 N–H and O–H groups in total. The van der Waals surface area contributed by atoms with Crippen molar-refractivity contribution in [3.05, 3.63) is 41.5 Å². The molecule has 1 aromatic rings. The fourth-order valence-electron chi connectivity index (χ4n) is 1.40. The van der Waals surface area contributed by atoms with Crippen LogP contribution < -0.4 is 0 Å². The minimum absolute atomic E-state index is 0.677. The maximum atomic E-state index is 8.85. The highest BCUT2D eigenvalue weighted by Gasteiger charge is 2.11. The lowest BCUT2D eigenvalue weighted by Crippen LogP contribution is -1.89. The van der Waals surface area contributed by atoms with E-state index in [2.05, 4.69) is 6.07 Å². The fourth-order valence-corrected chi connectivity index (χ4v) is 1.40. The van der Waals surface area contributed by atoms with Crippen LogP contribution in [-0.4, -0.2) is 6.61 Å². The molecule has 0 bridgehead atoms. The third-order valence-electron chi connectivity index (χ3n) is 2.02. The van der Waals surface area contributed by atoms with Crippen molar-refractivity contribution in [2.24, 2.45) is 0 Å². The van der Waals surface area contributed by atoms with Crippen molar-refractivity contribution in [3.8, 4) is 6.07 Å². The number of nitrogens with zero attached hydrogens (tertiary/aromatic N) is 1. The van der Waals surface area contributed by atoms with Gasteiger partial charge in [-0.25, -0.2) is 0 Å². The molecule has 0 aliphatic carbocycles. The Balaban J connectivity index is 2.45. The molecule has 2 nitrogen and oxygen atoms in total. The molecule has 1 aliphatic heterocycles. The monoisotopic (exact) mass is 171 g/mol. The number of hydrogen-bond acceptors (Lipinski definition) is 2. The molecule has 0 spiro atoms. The van der Waals surface area contributed by atoms with E-state index in [0.29, 0.717) is 5.56 Å². The second-order valence-electron chi connectivity index (χ2n) is 2.86. The second kappa shape index (κ2) is 3.32. The first-order valence-electron chi connectivity index (χ1n) is 4.24. The minimum Gasteiger partial charge on any atom is -0.493 e. The van der Waals surface area contributed by atoms with Gasteiger partial charge >= 0.3 is 0 Å². The van der Waals surface area contributed by atoms with Gasteiger partial charge in [-0.05, 0) is 18.2 Å². The second-order valence-corrected chi connectivity index (χ2v) is 2.86. The molecule has 13 heavy (non-hydrogen) atoms. The van der Waals surface area contributed by atoms with Crippen LogP contribution in [-0.2, 0) is 4.74 Å². The average Bonchev–Trinajstić information content (AvgIpc) is 2.70. The summed E-state index contributed by atoms with van der Waals surface area (Å²) in [5.74, 6) is 0.845. The molecule has 0 atom stereocenters. The minimum atomic E-state index is 0.677. The number of hydrogen-bond donors (Lipinski definition) is 0. The molecule has 1 aliphatic rings. The molecule has 0 amide bonds. The molecule has 1 aromatic carbocycles. The van der Waals surface area contributed by atoms with Crippen LogP contribution in [0.1, 0.15) is 17.5 Å². The molecule has 0 aromatic heterocycles. The van der Waals surface area contributed by atoms with E-state index in [1.165, 1.54) is 0 Å². The van der Waals surface area contributed by atoms with E-state index < -0.39 is 0 Å². The summed E-state index contributed by atoms with van der Waals surface area (Å²) in [4.78, 5) is 0. The third-order valence-corrected chi connectivity index (χ3v) is 2.02. The molecule has 0 unspecified atom stereocenters. The van der Waals surface area contributed by atoms with Crippen molar-refractivity contribution in [3.63, 3.8) is 0 Å². The summed E-state index contributed by atoms with van der Waals surface area (Å²) in [6.07, 6.45) is 2.96. The predicted molar refractivity (Wildman–Crippen MR) is 49.7 cm³/mol. The molecule has 64 valence electrons. The van der Waals surface area contributed by atoms with Crippen molar-refractivity contribution < 1.29 is 4.74 Å². The number of benzene rings is 1. The Bertz CT molecular complexity index is 387. The van der Waals surface area contributed by atoms with Crippen LogP contribution in [0.4, 0.5) is 0 Å². The summed E-state index contributed by atoms with van der Waals surface area (Å²) in [7, 11) is 0. The molecule has 0 saturated carbocycles. The molecule has 1 heterocycles. The summed E-state index contributed by atoms with van der Waals surface area (Å²) in [6, 6.07) is 9.64. The Morgan fingerprint density at radius 3 is 2.85 bits per heavy atom. The number of nitriles is 1. The zero-order valence-electron chi connectivity index (χ0n) is 7.16. The molecule has 0 radical (unpaired) electrons. The zero-order valence-corrected chi connectivity index (χ0v) is 7.16. The van der Waals surface area contributed by atoms with Gasteiger partial charge in [-0.1, -0.05) is 12.1 Å². The van der Waals surface area contributed by atoms with Gasteiger partial charge in [0.05, 0.1) is 18.2 Å². The van der Waals surface area contributed by atoms with Crippen molar-refractivity contribution in [1.29, 1.82) is 5.26 Å². The van der Waals surface area contributed by atoms with Crippen LogP contribution in [0, 0.1) is 11.3 Å². The fraction of sp³-hybridized carbons (Fsp3) is 0.182. The van der Waals surface area contributed by atoms with E-state index >= 15 is 0 Å². The molecule has 2 rings (SSSR count). The van der Waals surface area contributed by atoms with Crippen molar-refractivity contribution in [2.75, 3.05) is 6.61 Å². The van der Waals surface area contributed by atoms with Crippen LogP contribution in [0.15, 0.2) is 30.3 Å². The molecule has 2 heteroatoms. The van der Waals surface area contributed by atoms with E-state index in [0.717, 1.165) is 24.4 Å². The van der Waals surface area contributed by atoms with Crippen LogP contribution in [0.5, 0.6) is 0 Å². The highest BCUT2D eigenvalue weighted by Crippen LogP contribution is 2.24. The third kappa shape index (κ3) is 1.41. The van der Waals surface area contributed by atoms with E-state index in [4.69, 9.17) is 10.00 Å². The Labute approximate surface area is 77.1 Å². The molecular weight excluding hydrogens is 162 g/mol. The van der Waals surface area contributed by atoms with Crippen LogP contribution in [0.25, 0.3) is 5.76 Å². The standard InChI is InChI=1S/C11H9NO/c12-8-9-4-1-2-5-10(9)11-6-3-7-13-11/h1-2,4-6H,3,7H2. The maximum absolute atomic E-state index is 8.85. The lowest BCUT2D eigenvalue weighted by Gasteiger charge is -2.04. The zero-order chi connectivity index (χ0) is 9.10. The first kappa shape index (κ1) is 7.88. The topological polar surface area (TPSA) is 33.0 Å². The first-order valence-corrected chi connectivity index (χ1v) is 4.24. The summed E-state index contributed by atoms with van der Waals surface area (Å²) < 4.78 is 5.39. The van der Waals surface area contributed by atoms with E-state index in [1.54, 1.807) is 6.07 Å². The number of ether oxygens (including phenoxy) is 1. The smallest absolute Gasteiger partial charge is 0.124 e. The van der Waals surface area contributed by atoms with E-state index in [9.17, 15) is 0 Å². The van der Waals surface area contributed by atoms with E-state index in [1.807, 2.05) is 24.3 Å². The van der Waals surface area contributed by atoms with E-state index in [-0.39, 0.29) is 0 Å². The van der Waals surface area contributed by atoms with Crippen molar-refractivity contribution >= 4 is 5.76 Å². The van der Waals surface area contributed by atoms with Crippen molar-refractivity contribution in [2.45, 2.75) is 6.42 Å². The highest BCUT2D eigenvalue weighted by atomic mass is 16.5. The molecular formula is C11H9NO. The largest absolute Gasteiger partial charge is 0.493 e. The average molecular weight is 171 g/mol. The van der Waals surface area contributed by atoms with Gasteiger partial charge in [0.2, 0.25) is 0 Å². The Kier molecular flexibility index (Phi) is 2.01. The molecule has 0 fully saturated rings. The highest BCUT2D eigenvalue weighted by molar-refractivity contribution is 5.66. The van der Waals surface area contributed by atoms with Crippen LogP contribution in [0.3, 0.4) is 0 Å². The Hall–Kier alpha value is -1.75. The van der Waals surface area contributed by atoms with Gasteiger partial charge in [0, 0.05) is 12.0 Å². The van der Waals surface area contributed by atoms with Gasteiger partial charge in [0.15, 0.2) is 0 Å². The van der Waals surface area contributed by atoms with Gasteiger partial charge < -0.3 is 4.74 Å². The lowest BCUT2D eigenvalue weighted by atomic mass is 10.1.